The molecule has 1 rings (SSSR count). The van der Waals surface area contributed by atoms with E-state index < -0.39 is 46.2 Å². The molecular weight excluding hydrogens is 521 g/mol. The van der Waals surface area contributed by atoms with Crippen molar-refractivity contribution >= 4 is 69.7 Å². The monoisotopic (exact) mass is 556 g/mol. The van der Waals surface area contributed by atoms with E-state index >= 15 is 0 Å². The molecule has 1 aliphatic rings. The molecule has 0 bridgehead atoms. The second-order valence-electron chi connectivity index (χ2n) is 8.13. The van der Waals surface area contributed by atoms with Crippen molar-refractivity contribution in [3.05, 3.63) is 24.6 Å². The third-order valence-electron chi connectivity index (χ3n) is 4.74. The van der Waals surface area contributed by atoms with Gasteiger partial charge < -0.3 is 26.7 Å². The zero-order valence-electron chi connectivity index (χ0n) is 19.4. The number of rotatable bonds is 14. The average Bonchev–Trinajstić information content (AvgIpc) is 2.65. The molecule has 2 N–H and O–H groups in total. The lowest BCUT2D eigenvalue weighted by atomic mass is 10.5. The summed E-state index contributed by atoms with van der Waals surface area (Å²) in [6.07, 6.45) is 0.257. The maximum atomic E-state index is 10.7. The Morgan fingerprint density at radius 3 is 1.28 bits per heavy atom. The van der Waals surface area contributed by atoms with Crippen molar-refractivity contribution in [2.75, 3.05) is 23.0 Å². The van der Waals surface area contributed by atoms with Crippen molar-refractivity contribution in [2.45, 2.75) is 51.1 Å². The van der Waals surface area contributed by atoms with Crippen LogP contribution in [0.5, 0.6) is 0 Å². The van der Waals surface area contributed by atoms with Crippen LogP contribution in [-0.4, -0.2) is 79.4 Å². The van der Waals surface area contributed by atoms with E-state index in [9.17, 15) is 9.59 Å². The van der Waals surface area contributed by atoms with E-state index in [0.717, 1.165) is 11.5 Å². The molecule has 0 amide bonds. The van der Waals surface area contributed by atoms with Crippen molar-refractivity contribution in [3.63, 3.8) is 0 Å². The van der Waals surface area contributed by atoms with Gasteiger partial charge in [0.15, 0.2) is 0 Å². The summed E-state index contributed by atoms with van der Waals surface area (Å²) < 4.78 is 26.6. The molecule has 14 heteroatoms. The molecule has 0 aliphatic carbocycles. The lowest BCUT2D eigenvalue weighted by molar-refractivity contribution is -0.137. The number of carboxylic acids is 2. The van der Waals surface area contributed by atoms with Crippen LogP contribution in [0, 0.1) is 0 Å². The summed E-state index contributed by atoms with van der Waals surface area (Å²) in [7, 11) is -11.0. The summed E-state index contributed by atoms with van der Waals surface area (Å²) in [6.45, 7) is 15.9. The Hall–Kier alpha value is -0.172. The van der Waals surface area contributed by atoms with E-state index in [1.165, 1.54) is 0 Å². The Balaban J connectivity index is 2.92. The van der Waals surface area contributed by atoms with E-state index in [4.69, 9.17) is 26.7 Å². The van der Waals surface area contributed by atoms with Crippen molar-refractivity contribution in [3.8, 4) is 0 Å². The number of carboxylic acid groups (broad SMARTS) is 2. The molecule has 184 valence electrons. The summed E-state index contributed by atoms with van der Waals surface area (Å²) in [5.41, 5.74) is 3.53. The first-order chi connectivity index (χ1) is 14.8. The van der Waals surface area contributed by atoms with Crippen LogP contribution in [-0.2, 0) is 26.0 Å². The van der Waals surface area contributed by atoms with Crippen LogP contribution in [0.3, 0.4) is 0 Å². The first-order valence-electron chi connectivity index (χ1n) is 10.5. The average molecular weight is 557 g/mol. The summed E-state index contributed by atoms with van der Waals surface area (Å²) in [4.78, 5) is 21.5. The molecule has 0 radical (unpaired) electrons. The minimum atomic E-state index is -2.79. The topological polar surface area (TPSA) is 112 Å². The zero-order chi connectivity index (χ0) is 24.5. The van der Waals surface area contributed by atoms with E-state index in [0.29, 0.717) is 23.6 Å². The molecule has 1 heterocycles. The number of hydrogen-bond acceptors (Lipinski definition) is 8. The molecule has 0 unspecified atom stereocenters. The number of aliphatic carboxylic acids is 2. The summed E-state index contributed by atoms with van der Waals surface area (Å²) in [6, 6.07) is 1.36. The third-order valence-corrected chi connectivity index (χ3v) is 24.6. The van der Waals surface area contributed by atoms with Gasteiger partial charge in [0, 0.05) is 11.5 Å². The Morgan fingerprint density at radius 2 is 1.03 bits per heavy atom. The Kier molecular flexibility index (Phi) is 12.2. The van der Waals surface area contributed by atoms with Crippen LogP contribution in [0.4, 0.5) is 0 Å². The van der Waals surface area contributed by atoms with Crippen LogP contribution in [0.25, 0.3) is 0 Å². The van der Waals surface area contributed by atoms with Gasteiger partial charge in [-0.3, -0.25) is 9.59 Å². The van der Waals surface area contributed by atoms with Crippen LogP contribution in [0.15, 0.2) is 24.6 Å². The van der Waals surface area contributed by atoms with Gasteiger partial charge in [-0.2, -0.15) is 23.5 Å². The predicted molar refractivity (Wildman–Crippen MR) is 140 cm³/mol. The Bertz CT molecular complexity index is 613. The van der Waals surface area contributed by atoms with Gasteiger partial charge in [0.05, 0.1) is 12.8 Å². The molecule has 1 fully saturated rings. The van der Waals surface area contributed by atoms with Crippen molar-refractivity contribution in [2.24, 2.45) is 0 Å². The molecule has 0 aromatic carbocycles. The van der Waals surface area contributed by atoms with Gasteiger partial charge in [0.2, 0.25) is 0 Å². The summed E-state index contributed by atoms with van der Waals surface area (Å²) in [5, 5.41) is 17.6. The predicted octanol–water partition coefficient (Wildman–Crippen LogP) is 4.22. The van der Waals surface area contributed by atoms with E-state index in [2.05, 4.69) is 13.2 Å². The maximum Gasteiger partial charge on any atom is 0.343 e. The largest absolute Gasteiger partial charge is 0.481 e. The maximum absolute atomic E-state index is 10.7. The number of hydrogen-bond donors (Lipinski definition) is 2. The minimum absolute atomic E-state index is 0.129. The molecule has 1 saturated heterocycles. The second-order valence-corrected chi connectivity index (χ2v) is 24.3. The lowest BCUT2D eigenvalue weighted by Gasteiger charge is -2.48. The number of carbonyl (C=O) groups is 2. The SMILES string of the molecule is C=C[Si]1(C)O[Si](C)(CCSCCC(=O)O)O[Si](C)(C=C)O[Si](C)(CCSCCC(=O)O)O1. The van der Waals surface area contributed by atoms with Gasteiger partial charge in [-0.15, -0.1) is 13.2 Å². The van der Waals surface area contributed by atoms with Crippen LogP contribution < -0.4 is 0 Å². The van der Waals surface area contributed by atoms with Gasteiger partial charge in [-0.1, -0.05) is 11.4 Å². The fourth-order valence-electron chi connectivity index (χ4n) is 3.21. The third kappa shape index (κ3) is 10.8. The standard InChI is InChI=1S/C18H36O8S2Si4/c1-7-29(3)23-31(5,15-13-27-11-9-17(19)20)25-30(4,8-2)26-32(6,24-29)16-14-28-12-10-18(21)22/h7-8H,1-2,9-16H2,3-6H3,(H,19,20)(H,21,22). The normalized spacial score (nSPS) is 33.1. The van der Waals surface area contributed by atoms with Crippen molar-refractivity contribution in [1.82, 2.24) is 0 Å². The van der Waals surface area contributed by atoms with Gasteiger partial charge in [0.25, 0.3) is 0 Å². The molecule has 0 atom stereocenters. The molecule has 0 aromatic rings. The fourth-order valence-corrected chi connectivity index (χ4v) is 27.2. The molecule has 0 aromatic heterocycles. The smallest absolute Gasteiger partial charge is 0.343 e. The van der Waals surface area contributed by atoms with Crippen LogP contribution in [0.1, 0.15) is 12.8 Å². The molecular formula is C18H36O8S2Si4. The second kappa shape index (κ2) is 13.1. The van der Waals surface area contributed by atoms with Crippen molar-refractivity contribution < 1.29 is 36.3 Å². The first kappa shape index (κ1) is 29.9. The minimum Gasteiger partial charge on any atom is -0.481 e. The molecule has 0 saturated carbocycles. The Morgan fingerprint density at radius 1 is 0.719 bits per heavy atom. The first-order valence-corrected chi connectivity index (χ1v) is 22.6. The highest BCUT2D eigenvalue weighted by Gasteiger charge is 2.55. The van der Waals surface area contributed by atoms with Gasteiger partial charge in [-0.25, -0.2) is 0 Å². The summed E-state index contributed by atoms with van der Waals surface area (Å²) >= 11 is 3.15. The van der Waals surface area contributed by atoms with Gasteiger partial charge >= 0.3 is 46.2 Å². The Labute approximate surface area is 204 Å². The highest BCUT2D eigenvalue weighted by molar-refractivity contribution is 7.99. The van der Waals surface area contributed by atoms with E-state index in [1.807, 2.05) is 26.2 Å². The highest BCUT2D eigenvalue weighted by atomic mass is 32.2. The highest BCUT2D eigenvalue weighted by Crippen LogP contribution is 2.36. The molecule has 0 spiro atoms. The molecule has 1 aliphatic heterocycles. The van der Waals surface area contributed by atoms with Crippen LogP contribution >= 0.6 is 23.5 Å². The molecule has 32 heavy (non-hydrogen) atoms. The van der Waals surface area contributed by atoms with Crippen molar-refractivity contribution in [1.29, 1.82) is 0 Å². The van der Waals surface area contributed by atoms with E-state index in [1.54, 1.807) is 34.9 Å². The quantitative estimate of drug-likeness (QED) is 0.238. The van der Waals surface area contributed by atoms with Crippen LogP contribution in [0.2, 0.25) is 38.3 Å². The van der Waals surface area contributed by atoms with E-state index in [-0.39, 0.29) is 12.8 Å². The lowest BCUT2D eigenvalue weighted by Crippen LogP contribution is -2.66. The van der Waals surface area contributed by atoms with Gasteiger partial charge in [-0.05, 0) is 49.8 Å². The fraction of sp³-hybridized carbons (Fsp3) is 0.667. The summed E-state index contributed by atoms with van der Waals surface area (Å²) in [5.74, 6) is 0.949. The zero-order valence-corrected chi connectivity index (χ0v) is 25.0. The number of thioether (sulfide) groups is 2. The molecule has 8 nitrogen and oxygen atoms in total. The van der Waals surface area contributed by atoms with Gasteiger partial charge in [0.1, 0.15) is 0 Å².